The highest BCUT2D eigenvalue weighted by molar-refractivity contribution is 6.30. The van der Waals surface area contributed by atoms with E-state index in [-0.39, 0.29) is 0 Å². The molecule has 0 radical (unpaired) electrons. The van der Waals surface area contributed by atoms with Crippen molar-refractivity contribution in [2.75, 3.05) is 19.6 Å². The van der Waals surface area contributed by atoms with Gasteiger partial charge in [0.15, 0.2) is 0 Å². The average molecular weight is 348 g/mol. The van der Waals surface area contributed by atoms with E-state index in [1.807, 2.05) is 43.3 Å². The Morgan fingerprint density at radius 1 is 0.958 bits per heavy atom. The molecule has 0 heterocycles. The minimum Gasteiger partial charge on any atom is -0.457 e. The maximum absolute atomic E-state index is 10.8. The third kappa shape index (κ3) is 5.23. The van der Waals surface area contributed by atoms with Crippen LogP contribution in [0.2, 0.25) is 5.02 Å². The van der Waals surface area contributed by atoms with Gasteiger partial charge < -0.3 is 14.7 Å². The number of rotatable bonds is 8. The van der Waals surface area contributed by atoms with Crippen LogP contribution in [0.4, 0.5) is 0 Å². The van der Waals surface area contributed by atoms with Gasteiger partial charge in [0, 0.05) is 11.6 Å². The monoisotopic (exact) mass is 347 g/mol. The number of benzene rings is 2. The lowest BCUT2D eigenvalue weighted by atomic mass is 9.92. The summed E-state index contributed by atoms with van der Waals surface area (Å²) in [6, 6.07) is 14.9. The normalized spacial score (nSPS) is 13.8. The molecule has 0 spiro atoms. The van der Waals surface area contributed by atoms with Crippen LogP contribution < -0.4 is 4.74 Å². The summed E-state index contributed by atoms with van der Waals surface area (Å²) in [6.45, 7) is 9.03. The zero-order valence-corrected chi connectivity index (χ0v) is 15.4. The molecular weight excluding hydrogens is 322 g/mol. The molecule has 0 aromatic heterocycles. The summed E-state index contributed by atoms with van der Waals surface area (Å²) in [5.41, 5.74) is 0.0552. The number of aliphatic hydroxyl groups is 1. The molecule has 24 heavy (non-hydrogen) atoms. The van der Waals surface area contributed by atoms with Crippen LogP contribution in [0.3, 0.4) is 0 Å². The summed E-state index contributed by atoms with van der Waals surface area (Å²) in [4.78, 5) is 2.31. The Morgan fingerprint density at radius 3 is 1.96 bits per heavy atom. The van der Waals surface area contributed by atoms with Crippen molar-refractivity contribution in [3.8, 4) is 11.5 Å². The fourth-order valence-corrected chi connectivity index (χ4v) is 2.71. The largest absolute Gasteiger partial charge is 0.457 e. The van der Waals surface area contributed by atoms with Crippen molar-refractivity contribution in [1.29, 1.82) is 0 Å². The Labute approximate surface area is 149 Å². The molecule has 0 aliphatic carbocycles. The first-order chi connectivity index (χ1) is 11.4. The van der Waals surface area contributed by atoms with Gasteiger partial charge in [-0.25, -0.2) is 0 Å². The van der Waals surface area contributed by atoms with E-state index in [9.17, 15) is 5.11 Å². The Bertz CT molecular complexity index is 619. The van der Waals surface area contributed by atoms with Crippen molar-refractivity contribution in [2.45, 2.75) is 32.8 Å². The summed E-state index contributed by atoms with van der Waals surface area (Å²) in [5, 5.41) is 11.4. The molecule has 4 heteroatoms. The molecule has 0 saturated heterocycles. The van der Waals surface area contributed by atoms with Gasteiger partial charge in [-0.3, -0.25) is 0 Å². The lowest BCUT2D eigenvalue weighted by molar-refractivity contribution is 0.0369. The van der Waals surface area contributed by atoms with Gasteiger partial charge in [0.1, 0.15) is 11.5 Å². The van der Waals surface area contributed by atoms with Crippen LogP contribution in [0.15, 0.2) is 48.5 Å². The molecule has 2 aromatic carbocycles. The lowest BCUT2D eigenvalue weighted by Gasteiger charge is -2.27. The van der Waals surface area contributed by atoms with Gasteiger partial charge in [-0.1, -0.05) is 37.6 Å². The van der Waals surface area contributed by atoms with E-state index < -0.39 is 5.60 Å². The Hall–Kier alpha value is -1.55. The highest BCUT2D eigenvalue weighted by atomic mass is 35.5. The average Bonchev–Trinajstić information content (AvgIpc) is 2.58. The van der Waals surface area contributed by atoms with Crippen LogP contribution in [0, 0.1) is 0 Å². The Kier molecular flexibility index (Phi) is 6.67. The van der Waals surface area contributed by atoms with Gasteiger partial charge in [-0.2, -0.15) is 0 Å². The molecule has 2 rings (SSSR count). The molecule has 1 unspecified atom stereocenters. The van der Waals surface area contributed by atoms with Gasteiger partial charge in [0.2, 0.25) is 0 Å². The standard InChI is InChI=1S/C20H26ClNO2/c1-4-22(5-2)15-14-20(3,23)16-6-10-18(11-7-16)24-19-12-8-17(21)9-13-19/h6-13,23H,4-5,14-15H2,1-3H3. The molecule has 0 amide bonds. The van der Waals surface area contributed by atoms with E-state index in [2.05, 4.69) is 18.7 Å². The van der Waals surface area contributed by atoms with Crippen molar-refractivity contribution in [1.82, 2.24) is 4.90 Å². The highest BCUT2D eigenvalue weighted by Crippen LogP contribution is 2.28. The van der Waals surface area contributed by atoms with E-state index in [1.165, 1.54) is 0 Å². The molecule has 0 saturated carbocycles. The van der Waals surface area contributed by atoms with Crippen LogP contribution in [0.25, 0.3) is 0 Å². The van der Waals surface area contributed by atoms with Crippen molar-refractivity contribution < 1.29 is 9.84 Å². The molecule has 2 aromatic rings. The smallest absolute Gasteiger partial charge is 0.127 e. The van der Waals surface area contributed by atoms with Crippen LogP contribution in [0.5, 0.6) is 11.5 Å². The van der Waals surface area contributed by atoms with Crippen molar-refractivity contribution in [3.63, 3.8) is 0 Å². The maximum Gasteiger partial charge on any atom is 0.127 e. The van der Waals surface area contributed by atoms with Crippen LogP contribution in [0.1, 0.15) is 32.8 Å². The topological polar surface area (TPSA) is 32.7 Å². The fraction of sp³-hybridized carbons (Fsp3) is 0.400. The number of hydrogen-bond acceptors (Lipinski definition) is 3. The van der Waals surface area contributed by atoms with Crippen LogP contribution in [-0.4, -0.2) is 29.6 Å². The molecule has 0 aliphatic heterocycles. The fourth-order valence-electron chi connectivity index (χ4n) is 2.58. The van der Waals surface area contributed by atoms with Crippen LogP contribution >= 0.6 is 11.6 Å². The molecule has 1 atom stereocenters. The molecule has 0 fully saturated rings. The van der Waals surface area contributed by atoms with Crippen molar-refractivity contribution in [2.24, 2.45) is 0 Å². The van der Waals surface area contributed by atoms with Gasteiger partial charge in [0.25, 0.3) is 0 Å². The molecular formula is C20H26ClNO2. The SMILES string of the molecule is CCN(CC)CCC(C)(O)c1ccc(Oc2ccc(Cl)cc2)cc1. The van der Waals surface area contributed by atoms with Crippen molar-refractivity contribution in [3.05, 3.63) is 59.1 Å². The summed E-state index contributed by atoms with van der Waals surface area (Å²) >= 11 is 5.87. The van der Waals surface area contributed by atoms with Gasteiger partial charge >= 0.3 is 0 Å². The second-order valence-corrected chi connectivity index (χ2v) is 6.57. The first-order valence-electron chi connectivity index (χ1n) is 8.43. The minimum absolute atomic E-state index is 0.682. The summed E-state index contributed by atoms with van der Waals surface area (Å²) in [5.74, 6) is 1.47. The minimum atomic E-state index is -0.846. The highest BCUT2D eigenvalue weighted by Gasteiger charge is 2.23. The van der Waals surface area contributed by atoms with E-state index in [0.717, 1.165) is 36.7 Å². The first kappa shape index (κ1) is 18.8. The van der Waals surface area contributed by atoms with Crippen LogP contribution in [-0.2, 0) is 5.60 Å². The zero-order valence-electron chi connectivity index (χ0n) is 14.6. The number of halogens is 1. The third-order valence-corrected chi connectivity index (χ3v) is 4.59. The van der Waals surface area contributed by atoms with Crippen molar-refractivity contribution >= 4 is 11.6 Å². The summed E-state index contributed by atoms with van der Waals surface area (Å²) in [6.07, 6.45) is 0.700. The Balaban J connectivity index is 2.00. The molecule has 1 N–H and O–H groups in total. The van der Waals surface area contributed by atoms with E-state index in [0.29, 0.717) is 11.4 Å². The lowest BCUT2D eigenvalue weighted by Crippen LogP contribution is -2.31. The van der Waals surface area contributed by atoms with E-state index in [4.69, 9.17) is 16.3 Å². The summed E-state index contributed by atoms with van der Waals surface area (Å²) in [7, 11) is 0. The predicted octanol–water partition coefficient (Wildman–Crippen LogP) is 5.07. The molecule has 3 nitrogen and oxygen atoms in total. The maximum atomic E-state index is 10.8. The molecule has 0 aliphatic rings. The first-order valence-corrected chi connectivity index (χ1v) is 8.81. The molecule has 130 valence electrons. The quantitative estimate of drug-likeness (QED) is 0.723. The summed E-state index contributed by atoms with van der Waals surface area (Å²) < 4.78 is 5.79. The van der Waals surface area contributed by atoms with E-state index in [1.54, 1.807) is 12.1 Å². The second kappa shape index (κ2) is 8.52. The van der Waals surface area contributed by atoms with Gasteiger partial charge in [0.05, 0.1) is 5.60 Å². The predicted molar refractivity (Wildman–Crippen MR) is 99.9 cm³/mol. The molecule has 0 bridgehead atoms. The number of nitrogens with zero attached hydrogens (tertiary/aromatic N) is 1. The Morgan fingerprint density at radius 2 is 1.46 bits per heavy atom. The van der Waals surface area contributed by atoms with E-state index >= 15 is 0 Å². The third-order valence-electron chi connectivity index (χ3n) is 4.33. The second-order valence-electron chi connectivity index (χ2n) is 6.13. The van der Waals surface area contributed by atoms with Gasteiger partial charge in [-0.15, -0.1) is 0 Å². The van der Waals surface area contributed by atoms with Gasteiger partial charge in [-0.05, 0) is 68.4 Å². The zero-order chi connectivity index (χ0) is 17.6. The number of ether oxygens (including phenoxy) is 1. The number of hydrogen-bond donors (Lipinski definition) is 1.